The van der Waals surface area contributed by atoms with Crippen LogP contribution in [0.2, 0.25) is 0 Å². The minimum absolute atomic E-state index is 0.252. The minimum Gasteiger partial charge on any atom is -0.493 e. The van der Waals surface area contributed by atoms with Gasteiger partial charge in [-0.25, -0.2) is 0 Å². The molecule has 0 bridgehead atoms. The summed E-state index contributed by atoms with van der Waals surface area (Å²) in [6.07, 6.45) is 4.17. The van der Waals surface area contributed by atoms with Gasteiger partial charge in [0.25, 0.3) is 0 Å². The summed E-state index contributed by atoms with van der Waals surface area (Å²) in [6.45, 7) is 0.474. The van der Waals surface area contributed by atoms with Crippen molar-refractivity contribution in [3.8, 4) is 11.8 Å². The Morgan fingerprint density at radius 1 is 1.39 bits per heavy atom. The molecule has 2 aromatic rings. The molecule has 118 valence electrons. The lowest BCUT2D eigenvalue weighted by Gasteiger charge is -2.07. The predicted octanol–water partition coefficient (Wildman–Crippen LogP) is 4.22. The second kappa shape index (κ2) is 9.00. The molecule has 0 atom stereocenters. The lowest BCUT2D eigenvalue weighted by Crippen LogP contribution is -2.07. The minimum atomic E-state index is -0.252. The Morgan fingerprint density at radius 3 is 3.00 bits per heavy atom. The molecule has 0 radical (unpaired) electrons. The van der Waals surface area contributed by atoms with Gasteiger partial charge in [0.15, 0.2) is 3.77 Å². The first-order valence-electron chi connectivity index (χ1n) is 7.01. The van der Waals surface area contributed by atoms with Crippen molar-refractivity contribution in [3.05, 3.63) is 52.0 Å². The third-order valence-electron chi connectivity index (χ3n) is 2.80. The lowest BCUT2D eigenvalue weighted by atomic mass is 10.3. The number of benzene rings is 1. The van der Waals surface area contributed by atoms with Gasteiger partial charge in [-0.2, -0.15) is 5.26 Å². The number of unbranched alkanes of at least 4 members (excludes halogenated alkanes) is 1. The molecule has 5 nitrogen and oxygen atoms in total. The summed E-state index contributed by atoms with van der Waals surface area (Å²) in [6, 6.07) is 12.8. The smallest absolute Gasteiger partial charge is 0.248 e. The zero-order valence-electron chi connectivity index (χ0n) is 12.3. The average molecular weight is 422 g/mol. The van der Waals surface area contributed by atoms with Gasteiger partial charge >= 0.3 is 0 Å². The van der Waals surface area contributed by atoms with E-state index in [0.717, 1.165) is 3.77 Å². The van der Waals surface area contributed by atoms with Crippen LogP contribution >= 0.6 is 22.6 Å². The Kier molecular flexibility index (Phi) is 6.69. The number of rotatable bonds is 7. The van der Waals surface area contributed by atoms with E-state index in [1.165, 1.54) is 6.08 Å². The van der Waals surface area contributed by atoms with Crippen LogP contribution in [0.15, 0.2) is 46.9 Å². The van der Waals surface area contributed by atoms with E-state index in [9.17, 15) is 4.79 Å². The number of hydrogen-bond donors (Lipinski definition) is 1. The van der Waals surface area contributed by atoms with E-state index < -0.39 is 0 Å². The van der Waals surface area contributed by atoms with Crippen LogP contribution in [0.3, 0.4) is 0 Å². The SMILES string of the molecule is N#CCCCOc1cccc(NC(=O)/C=C/c2ccc(I)o2)c1. The quantitative estimate of drug-likeness (QED) is 0.412. The summed E-state index contributed by atoms with van der Waals surface area (Å²) >= 11 is 2.06. The fourth-order valence-electron chi connectivity index (χ4n) is 1.76. The van der Waals surface area contributed by atoms with Crippen molar-refractivity contribution in [1.29, 1.82) is 5.26 Å². The summed E-state index contributed by atoms with van der Waals surface area (Å²) in [5.74, 6) is 1.03. The highest BCUT2D eigenvalue weighted by Crippen LogP contribution is 2.18. The number of hydrogen-bond acceptors (Lipinski definition) is 4. The number of amides is 1. The average Bonchev–Trinajstić information content (AvgIpc) is 2.96. The van der Waals surface area contributed by atoms with E-state index in [2.05, 4.69) is 34.0 Å². The van der Waals surface area contributed by atoms with Crippen molar-refractivity contribution in [3.63, 3.8) is 0 Å². The maximum Gasteiger partial charge on any atom is 0.248 e. The van der Waals surface area contributed by atoms with Crippen LogP contribution in [0.1, 0.15) is 18.6 Å². The molecular formula is C17H15IN2O3. The van der Waals surface area contributed by atoms with Crippen LogP contribution in [-0.2, 0) is 4.79 Å². The number of anilines is 1. The van der Waals surface area contributed by atoms with E-state index in [0.29, 0.717) is 36.6 Å². The fourth-order valence-corrected chi connectivity index (χ4v) is 2.20. The summed E-state index contributed by atoms with van der Waals surface area (Å²) in [5.41, 5.74) is 0.645. The summed E-state index contributed by atoms with van der Waals surface area (Å²) < 4.78 is 11.6. The largest absolute Gasteiger partial charge is 0.493 e. The van der Waals surface area contributed by atoms with E-state index in [1.807, 2.05) is 12.1 Å². The lowest BCUT2D eigenvalue weighted by molar-refractivity contribution is -0.111. The van der Waals surface area contributed by atoms with Crippen LogP contribution in [-0.4, -0.2) is 12.5 Å². The van der Waals surface area contributed by atoms with Crippen molar-refractivity contribution >= 4 is 40.3 Å². The number of nitrogens with zero attached hydrogens (tertiary/aromatic N) is 1. The van der Waals surface area contributed by atoms with Gasteiger partial charge in [-0.3, -0.25) is 4.79 Å². The molecule has 6 heteroatoms. The van der Waals surface area contributed by atoms with Crippen LogP contribution in [0.25, 0.3) is 6.08 Å². The molecule has 1 aromatic heterocycles. The van der Waals surface area contributed by atoms with Gasteiger partial charge in [-0.1, -0.05) is 6.07 Å². The standard InChI is InChI=1S/C17H15IN2O3/c18-16-8-6-14(23-16)7-9-17(21)20-13-4-3-5-15(12-13)22-11-2-1-10-19/h3-9,12H,1-2,11H2,(H,20,21)/b9-7+. The molecular weight excluding hydrogens is 407 g/mol. The maximum absolute atomic E-state index is 11.9. The summed E-state index contributed by atoms with van der Waals surface area (Å²) in [5, 5.41) is 11.2. The third-order valence-corrected chi connectivity index (χ3v) is 3.38. The van der Waals surface area contributed by atoms with E-state index >= 15 is 0 Å². The maximum atomic E-state index is 11.9. The second-order valence-corrected chi connectivity index (χ2v) is 5.67. The molecule has 0 saturated heterocycles. The van der Waals surface area contributed by atoms with E-state index in [1.54, 1.807) is 30.3 Å². The first-order chi connectivity index (χ1) is 11.2. The number of nitrogens with one attached hydrogen (secondary N) is 1. The van der Waals surface area contributed by atoms with Crippen LogP contribution in [0.4, 0.5) is 5.69 Å². The van der Waals surface area contributed by atoms with E-state index in [-0.39, 0.29) is 5.91 Å². The number of nitriles is 1. The number of carbonyl (C=O) groups excluding carboxylic acids is 1. The Balaban J connectivity index is 1.88. The molecule has 1 heterocycles. The molecule has 23 heavy (non-hydrogen) atoms. The van der Waals surface area contributed by atoms with Crippen molar-refractivity contribution in [1.82, 2.24) is 0 Å². The van der Waals surface area contributed by atoms with Crippen LogP contribution in [0.5, 0.6) is 5.75 Å². The Hall–Kier alpha value is -2.27. The first-order valence-corrected chi connectivity index (χ1v) is 8.09. The predicted molar refractivity (Wildman–Crippen MR) is 95.9 cm³/mol. The Labute approximate surface area is 148 Å². The Bertz CT molecular complexity index is 731. The second-order valence-electron chi connectivity index (χ2n) is 4.60. The molecule has 0 spiro atoms. The third kappa shape index (κ3) is 6.16. The van der Waals surface area contributed by atoms with Crippen molar-refractivity contribution in [2.45, 2.75) is 12.8 Å². The Morgan fingerprint density at radius 2 is 2.26 bits per heavy atom. The van der Waals surface area contributed by atoms with Crippen molar-refractivity contribution in [2.24, 2.45) is 0 Å². The first kappa shape index (κ1) is 17.1. The number of furan rings is 1. The molecule has 0 unspecified atom stereocenters. The van der Waals surface area contributed by atoms with Gasteiger partial charge in [0.1, 0.15) is 11.5 Å². The van der Waals surface area contributed by atoms with Crippen LogP contribution < -0.4 is 10.1 Å². The monoisotopic (exact) mass is 422 g/mol. The number of ether oxygens (including phenoxy) is 1. The molecule has 0 fully saturated rings. The van der Waals surface area contributed by atoms with Gasteiger partial charge in [-0.15, -0.1) is 0 Å². The zero-order valence-corrected chi connectivity index (χ0v) is 14.4. The van der Waals surface area contributed by atoms with E-state index in [4.69, 9.17) is 14.4 Å². The molecule has 0 aliphatic heterocycles. The molecule has 1 aromatic carbocycles. The van der Waals surface area contributed by atoms with Crippen molar-refractivity contribution < 1.29 is 13.9 Å². The molecule has 0 aliphatic carbocycles. The van der Waals surface area contributed by atoms with Gasteiger partial charge in [0.2, 0.25) is 5.91 Å². The number of halogens is 1. The van der Waals surface area contributed by atoms with Crippen LogP contribution in [0, 0.1) is 15.1 Å². The summed E-state index contributed by atoms with van der Waals surface area (Å²) in [4.78, 5) is 11.9. The number of carbonyl (C=O) groups is 1. The molecule has 1 amide bonds. The van der Waals surface area contributed by atoms with Gasteiger partial charge < -0.3 is 14.5 Å². The highest BCUT2D eigenvalue weighted by atomic mass is 127. The highest BCUT2D eigenvalue weighted by Gasteiger charge is 2.01. The zero-order chi connectivity index (χ0) is 16.5. The normalized spacial score (nSPS) is 10.4. The molecule has 2 rings (SSSR count). The molecule has 0 aliphatic rings. The molecule has 0 saturated carbocycles. The highest BCUT2D eigenvalue weighted by molar-refractivity contribution is 14.1. The van der Waals surface area contributed by atoms with Gasteiger partial charge in [0.05, 0.1) is 12.7 Å². The topological polar surface area (TPSA) is 75.3 Å². The van der Waals surface area contributed by atoms with Gasteiger partial charge in [-0.05, 0) is 59.4 Å². The van der Waals surface area contributed by atoms with Crippen molar-refractivity contribution in [2.75, 3.05) is 11.9 Å². The fraction of sp³-hybridized carbons (Fsp3) is 0.176. The van der Waals surface area contributed by atoms with Gasteiger partial charge in [0, 0.05) is 24.3 Å². The summed E-state index contributed by atoms with van der Waals surface area (Å²) in [7, 11) is 0. The molecule has 1 N–H and O–H groups in total.